The SMILES string of the molecule is CCCOCCC(O)Cc1ccc(F)c(Cl)c1. The summed E-state index contributed by atoms with van der Waals surface area (Å²) in [4.78, 5) is 0. The lowest BCUT2D eigenvalue weighted by Crippen LogP contribution is -2.14. The van der Waals surface area contributed by atoms with Gasteiger partial charge >= 0.3 is 0 Å². The maximum atomic E-state index is 12.9. The number of aliphatic hydroxyl groups excluding tert-OH is 1. The van der Waals surface area contributed by atoms with Crippen molar-refractivity contribution in [2.75, 3.05) is 13.2 Å². The molecule has 0 aliphatic rings. The van der Waals surface area contributed by atoms with Crippen LogP contribution in [0.25, 0.3) is 0 Å². The minimum atomic E-state index is -0.478. The van der Waals surface area contributed by atoms with Gasteiger partial charge in [0.05, 0.1) is 11.1 Å². The maximum Gasteiger partial charge on any atom is 0.141 e. The van der Waals surface area contributed by atoms with Crippen molar-refractivity contribution in [3.63, 3.8) is 0 Å². The molecule has 1 rings (SSSR count). The van der Waals surface area contributed by atoms with Crippen LogP contribution in [0.4, 0.5) is 4.39 Å². The van der Waals surface area contributed by atoms with Gasteiger partial charge in [-0.1, -0.05) is 24.6 Å². The van der Waals surface area contributed by atoms with Gasteiger partial charge in [-0.2, -0.15) is 0 Å². The van der Waals surface area contributed by atoms with E-state index in [-0.39, 0.29) is 5.02 Å². The minimum absolute atomic E-state index is 0.0944. The summed E-state index contributed by atoms with van der Waals surface area (Å²) < 4.78 is 18.2. The number of halogens is 2. The third kappa shape index (κ3) is 5.48. The van der Waals surface area contributed by atoms with Crippen LogP contribution in [-0.4, -0.2) is 24.4 Å². The molecule has 17 heavy (non-hydrogen) atoms. The van der Waals surface area contributed by atoms with Gasteiger partial charge in [-0.3, -0.25) is 0 Å². The van der Waals surface area contributed by atoms with Gasteiger partial charge in [-0.15, -0.1) is 0 Å². The van der Waals surface area contributed by atoms with E-state index in [9.17, 15) is 9.50 Å². The number of ether oxygens (including phenoxy) is 1. The summed E-state index contributed by atoms with van der Waals surface area (Å²) in [5.41, 5.74) is 0.833. The molecule has 4 heteroatoms. The average molecular weight is 261 g/mol. The molecule has 1 aromatic carbocycles. The smallest absolute Gasteiger partial charge is 0.141 e. The van der Waals surface area contributed by atoms with Crippen molar-refractivity contribution in [2.24, 2.45) is 0 Å². The number of hydrogen-bond acceptors (Lipinski definition) is 2. The monoisotopic (exact) mass is 260 g/mol. The highest BCUT2D eigenvalue weighted by Gasteiger charge is 2.07. The lowest BCUT2D eigenvalue weighted by molar-refractivity contribution is 0.0824. The minimum Gasteiger partial charge on any atom is -0.393 e. The molecular weight excluding hydrogens is 243 g/mol. The van der Waals surface area contributed by atoms with Crippen LogP contribution in [0.3, 0.4) is 0 Å². The molecule has 0 bridgehead atoms. The molecule has 0 aliphatic carbocycles. The van der Waals surface area contributed by atoms with Crippen molar-refractivity contribution in [2.45, 2.75) is 32.3 Å². The van der Waals surface area contributed by atoms with Crippen molar-refractivity contribution in [3.8, 4) is 0 Å². The largest absolute Gasteiger partial charge is 0.393 e. The molecule has 0 spiro atoms. The first kappa shape index (κ1) is 14.4. The van der Waals surface area contributed by atoms with E-state index in [0.717, 1.165) is 18.6 Å². The fourth-order valence-electron chi connectivity index (χ4n) is 1.51. The van der Waals surface area contributed by atoms with Crippen LogP contribution in [0.2, 0.25) is 5.02 Å². The van der Waals surface area contributed by atoms with E-state index >= 15 is 0 Å². The fraction of sp³-hybridized carbons (Fsp3) is 0.538. The van der Waals surface area contributed by atoms with E-state index in [0.29, 0.717) is 19.4 Å². The molecule has 1 N–H and O–H groups in total. The van der Waals surface area contributed by atoms with Gasteiger partial charge in [0.2, 0.25) is 0 Å². The van der Waals surface area contributed by atoms with Crippen molar-refractivity contribution < 1.29 is 14.2 Å². The van der Waals surface area contributed by atoms with E-state index in [1.165, 1.54) is 6.07 Å². The number of benzene rings is 1. The zero-order valence-corrected chi connectivity index (χ0v) is 10.7. The van der Waals surface area contributed by atoms with Crippen LogP contribution in [0.5, 0.6) is 0 Å². The van der Waals surface area contributed by atoms with Gasteiger partial charge in [0, 0.05) is 13.2 Å². The summed E-state index contributed by atoms with van der Waals surface area (Å²) in [6.45, 7) is 3.30. The normalized spacial score (nSPS) is 12.7. The molecule has 0 heterocycles. The first-order chi connectivity index (χ1) is 8.13. The van der Waals surface area contributed by atoms with E-state index in [1.54, 1.807) is 12.1 Å². The number of rotatable bonds is 7. The summed E-state index contributed by atoms with van der Waals surface area (Å²) in [6, 6.07) is 4.50. The van der Waals surface area contributed by atoms with Crippen LogP contribution in [0, 0.1) is 5.82 Å². The molecule has 0 saturated heterocycles. The second-order valence-electron chi connectivity index (χ2n) is 4.01. The van der Waals surface area contributed by atoms with Gasteiger partial charge in [0.1, 0.15) is 5.82 Å². The molecule has 1 unspecified atom stereocenters. The second-order valence-corrected chi connectivity index (χ2v) is 4.41. The highest BCUT2D eigenvalue weighted by atomic mass is 35.5. The standard InChI is InChI=1S/C13H18ClFO2/c1-2-6-17-7-5-11(16)8-10-3-4-13(15)12(14)9-10/h3-4,9,11,16H,2,5-8H2,1H3. The Hall–Kier alpha value is -0.640. The first-order valence-corrected chi connectivity index (χ1v) is 6.21. The Labute approximate surface area is 106 Å². The van der Waals surface area contributed by atoms with Crippen molar-refractivity contribution in [3.05, 3.63) is 34.6 Å². The Kier molecular flexibility index (Phi) is 6.48. The summed E-state index contributed by atoms with van der Waals surface area (Å²) in [6.07, 6.45) is 1.54. The topological polar surface area (TPSA) is 29.5 Å². The number of hydrogen-bond donors (Lipinski definition) is 1. The predicted molar refractivity (Wildman–Crippen MR) is 66.8 cm³/mol. The quantitative estimate of drug-likeness (QED) is 0.763. The first-order valence-electron chi connectivity index (χ1n) is 5.83. The van der Waals surface area contributed by atoms with Crippen LogP contribution in [0.15, 0.2) is 18.2 Å². The van der Waals surface area contributed by atoms with E-state index < -0.39 is 11.9 Å². The summed E-state index contributed by atoms with van der Waals surface area (Å²) in [5.74, 6) is -0.434. The molecule has 96 valence electrons. The lowest BCUT2D eigenvalue weighted by Gasteiger charge is -2.11. The molecule has 0 amide bonds. The molecule has 0 aliphatic heterocycles. The molecular formula is C13H18ClFO2. The molecule has 0 aromatic heterocycles. The van der Waals surface area contributed by atoms with E-state index in [4.69, 9.17) is 16.3 Å². The summed E-state index contributed by atoms with van der Waals surface area (Å²) in [5, 5.41) is 9.84. The predicted octanol–water partition coefficient (Wildman–Crippen LogP) is 3.20. The van der Waals surface area contributed by atoms with Crippen LogP contribution < -0.4 is 0 Å². The van der Waals surface area contributed by atoms with Crippen molar-refractivity contribution in [1.29, 1.82) is 0 Å². The van der Waals surface area contributed by atoms with Gasteiger partial charge in [0.25, 0.3) is 0 Å². The summed E-state index contributed by atoms with van der Waals surface area (Å²) >= 11 is 5.66. The zero-order valence-electron chi connectivity index (χ0n) is 9.96. The molecule has 2 nitrogen and oxygen atoms in total. The average Bonchev–Trinajstić information content (AvgIpc) is 2.30. The molecule has 0 radical (unpaired) electrons. The van der Waals surface area contributed by atoms with Gasteiger partial charge in [-0.05, 0) is 37.0 Å². The van der Waals surface area contributed by atoms with Gasteiger partial charge < -0.3 is 9.84 Å². The highest BCUT2D eigenvalue weighted by molar-refractivity contribution is 6.30. The number of aliphatic hydroxyl groups is 1. The fourth-order valence-corrected chi connectivity index (χ4v) is 1.71. The molecule has 0 saturated carbocycles. The Bertz CT molecular complexity index is 344. The van der Waals surface area contributed by atoms with Gasteiger partial charge in [-0.25, -0.2) is 4.39 Å². The Morgan fingerprint density at radius 1 is 1.41 bits per heavy atom. The lowest BCUT2D eigenvalue weighted by atomic mass is 10.1. The summed E-state index contributed by atoms with van der Waals surface area (Å²) in [7, 11) is 0. The Morgan fingerprint density at radius 3 is 2.82 bits per heavy atom. The zero-order chi connectivity index (χ0) is 12.7. The maximum absolute atomic E-state index is 12.9. The van der Waals surface area contributed by atoms with Crippen LogP contribution >= 0.6 is 11.6 Å². The van der Waals surface area contributed by atoms with Gasteiger partial charge in [0.15, 0.2) is 0 Å². The van der Waals surface area contributed by atoms with E-state index in [1.807, 2.05) is 6.92 Å². The highest BCUT2D eigenvalue weighted by Crippen LogP contribution is 2.17. The second kappa shape index (κ2) is 7.64. The Morgan fingerprint density at radius 2 is 2.18 bits per heavy atom. The van der Waals surface area contributed by atoms with Crippen molar-refractivity contribution >= 4 is 11.6 Å². The van der Waals surface area contributed by atoms with Crippen molar-refractivity contribution in [1.82, 2.24) is 0 Å². The van der Waals surface area contributed by atoms with Crippen LogP contribution in [-0.2, 0) is 11.2 Å². The Balaban J connectivity index is 2.34. The molecule has 0 fully saturated rings. The molecule has 1 atom stereocenters. The molecule has 1 aromatic rings. The van der Waals surface area contributed by atoms with Crippen LogP contribution in [0.1, 0.15) is 25.3 Å². The third-order valence-electron chi connectivity index (χ3n) is 2.40. The van der Waals surface area contributed by atoms with E-state index in [2.05, 4.69) is 0 Å². The third-order valence-corrected chi connectivity index (χ3v) is 2.69.